The fraction of sp³-hybridized carbons (Fsp3) is 0.941. The van der Waals surface area contributed by atoms with Crippen LogP contribution in [0, 0.1) is 5.92 Å². The fourth-order valence-electron chi connectivity index (χ4n) is 3.61. The van der Waals surface area contributed by atoms with Crippen molar-refractivity contribution in [1.82, 2.24) is 5.06 Å². The van der Waals surface area contributed by atoms with Crippen LogP contribution in [0.4, 0.5) is 0 Å². The molecule has 0 aliphatic carbocycles. The molecule has 0 saturated carbocycles. The van der Waals surface area contributed by atoms with Gasteiger partial charge in [-0.05, 0) is 47.0 Å². The van der Waals surface area contributed by atoms with E-state index < -0.39 is 0 Å². The second-order valence-corrected chi connectivity index (χ2v) is 7.67. The number of piperidine rings is 1. The number of hydrogen-bond acceptors (Lipinski definition) is 3. The topological polar surface area (TPSA) is 40.5 Å². The molecule has 0 atom stereocenters. The average molecular weight is 283 g/mol. The van der Waals surface area contributed by atoms with Crippen LogP contribution in [0.5, 0.6) is 0 Å². The van der Waals surface area contributed by atoms with Gasteiger partial charge in [-0.15, -0.1) is 0 Å². The maximum atomic E-state index is 12.4. The largest absolute Gasteiger partial charge is 0.313 e. The third-order valence-corrected chi connectivity index (χ3v) is 4.62. The molecule has 0 unspecified atom stereocenters. The van der Waals surface area contributed by atoms with Crippen LogP contribution in [0.25, 0.3) is 0 Å². The lowest BCUT2D eigenvalue weighted by Crippen LogP contribution is -2.59. The molecule has 3 heteroatoms. The zero-order valence-corrected chi connectivity index (χ0v) is 14.0. The number of hydroxylamine groups is 2. The first-order valence-electron chi connectivity index (χ1n) is 8.22. The van der Waals surface area contributed by atoms with Crippen molar-refractivity contribution in [3.63, 3.8) is 0 Å². The van der Waals surface area contributed by atoms with Crippen LogP contribution < -0.4 is 0 Å². The number of Topliss-reactive ketones (excluding diaryl/α,β-unsaturated/α-hetero) is 1. The summed E-state index contributed by atoms with van der Waals surface area (Å²) < 4.78 is 0. The molecule has 1 saturated heterocycles. The quantitative estimate of drug-likeness (QED) is 0.695. The number of ketones is 1. The number of carbonyl (C=O) groups excluding carboxylic acids is 1. The summed E-state index contributed by atoms with van der Waals surface area (Å²) in [7, 11) is 0. The fourth-order valence-corrected chi connectivity index (χ4v) is 3.61. The molecule has 0 aromatic heterocycles. The van der Waals surface area contributed by atoms with Crippen molar-refractivity contribution in [3.8, 4) is 0 Å². The molecule has 1 N–H and O–H groups in total. The summed E-state index contributed by atoms with van der Waals surface area (Å²) in [5.41, 5.74) is -0.630. The molecule has 0 radical (unpaired) electrons. The first kappa shape index (κ1) is 17.6. The summed E-state index contributed by atoms with van der Waals surface area (Å²) in [5, 5.41) is 11.7. The Morgan fingerprint density at radius 2 is 1.55 bits per heavy atom. The van der Waals surface area contributed by atoms with Crippen LogP contribution in [0.1, 0.15) is 86.0 Å². The minimum Gasteiger partial charge on any atom is -0.313 e. The minimum absolute atomic E-state index is 0.106. The molecule has 1 aliphatic rings. The van der Waals surface area contributed by atoms with Gasteiger partial charge in [0.1, 0.15) is 5.78 Å². The highest BCUT2D eigenvalue weighted by molar-refractivity contribution is 5.81. The second-order valence-electron chi connectivity index (χ2n) is 7.67. The number of nitrogens with zero attached hydrogens (tertiary/aromatic N) is 1. The number of rotatable bonds is 7. The highest BCUT2D eigenvalue weighted by Gasteiger charge is 2.46. The standard InChI is InChI=1S/C17H33NO2/c1-6-7-8-9-10-11-15(19)14-12-16(2,3)18(20)17(4,5)13-14/h14,20H,6-13H2,1-5H3. The Hall–Kier alpha value is -0.410. The van der Waals surface area contributed by atoms with Crippen molar-refractivity contribution in [2.45, 2.75) is 97.1 Å². The van der Waals surface area contributed by atoms with Gasteiger partial charge >= 0.3 is 0 Å². The van der Waals surface area contributed by atoms with Crippen LogP contribution in [0.3, 0.4) is 0 Å². The van der Waals surface area contributed by atoms with Crippen molar-refractivity contribution in [3.05, 3.63) is 0 Å². The van der Waals surface area contributed by atoms with E-state index in [1.165, 1.54) is 30.7 Å². The lowest BCUT2D eigenvalue weighted by molar-refractivity contribution is -0.249. The van der Waals surface area contributed by atoms with Gasteiger partial charge in [0.2, 0.25) is 0 Å². The Labute approximate surface area is 124 Å². The normalized spacial score (nSPS) is 22.9. The van der Waals surface area contributed by atoms with Gasteiger partial charge in [-0.3, -0.25) is 4.79 Å². The molecule has 0 aromatic carbocycles. The van der Waals surface area contributed by atoms with Crippen LogP contribution in [-0.2, 0) is 4.79 Å². The van der Waals surface area contributed by atoms with Gasteiger partial charge in [0.05, 0.1) is 0 Å². The molecule has 1 aliphatic heterocycles. The molecule has 1 rings (SSSR count). The zero-order valence-electron chi connectivity index (χ0n) is 14.0. The van der Waals surface area contributed by atoms with Gasteiger partial charge in [0.25, 0.3) is 0 Å². The maximum absolute atomic E-state index is 12.4. The van der Waals surface area contributed by atoms with Gasteiger partial charge in [0, 0.05) is 23.4 Å². The Morgan fingerprint density at radius 1 is 1.05 bits per heavy atom. The Balaban J connectivity index is 2.48. The highest BCUT2D eigenvalue weighted by Crippen LogP contribution is 2.40. The molecule has 0 aromatic rings. The van der Waals surface area contributed by atoms with Gasteiger partial charge in [-0.25, -0.2) is 0 Å². The van der Waals surface area contributed by atoms with Gasteiger partial charge in [0.15, 0.2) is 0 Å². The van der Waals surface area contributed by atoms with Crippen LogP contribution in [-0.4, -0.2) is 27.1 Å². The van der Waals surface area contributed by atoms with E-state index in [0.717, 1.165) is 19.3 Å². The van der Waals surface area contributed by atoms with E-state index in [9.17, 15) is 10.0 Å². The number of unbranched alkanes of at least 4 members (excludes halogenated alkanes) is 4. The van der Waals surface area contributed by atoms with Gasteiger partial charge in [-0.2, -0.15) is 5.06 Å². The van der Waals surface area contributed by atoms with E-state index >= 15 is 0 Å². The van der Waals surface area contributed by atoms with Crippen molar-refractivity contribution < 1.29 is 10.0 Å². The van der Waals surface area contributed by atoms with Crippen molar-refractivity contribution in [2.75, 3.05) is 0 Å². The number of hydrogen-bond donors (Lipinski definition) is 1. The van der Waals surface area contributed by atoms with Crippen molar-refractivity contribution >= 4 is 5.78 Å². The Morgan fingerprint density at radius 3 is 2.05 bits per heavy atom. The smallest absolute Gasteiger partial charge is 0.136 e. The van der Waals surface area contributed by atoms with E-state index in [2.05, 4.69) is 6.92 Å². The molecule has 118 valence electrons. The van der Waals surface area contributed by atoms with Crippen LogP contribution >= 0.6 is 0 Å². The second kappa shape index (κ2) is 7.04. The van der Waals surface area contributed by atoms with Crippen molar-refractivity contribution in [1.29, 1.82) is 0 Å². The maximum Gasteiger partial charge on any atom is 0.136 e. The summed E-state index contributed by atoms with van der Waals surface area (Å²) in [6, 6.07) is 0. The molecule has 1 fully saturated rings. The monoisotopic (exact) mass is 283 g/mol. The van der Waals surface area contributed by atoms with E-state index in [-0.39, 0.29) is 17.0 Å². The molecule has 20 heavy (non-hydrogen) atoms. The average Bonchev–Trinajstić information content (AvgIpc) is 2.34. The molecule has 0 spiro atoms. The van der Waals surface area contributed by atoms with Crippen molar-refractivity contribution in [2.24, 2.45) is 5.92 Å². The molecule has 1 heterocycles. The predicted molar refractivity (Wildman–Crippen MR) is 82.9 cm³/mol. The summed E-state index contributed by atoms with van der Waals surface area (Å²) in [6.07, 6.45) is 8.20. The molecular formula is C17H33NO2. The van der Waals surface area contributed by atoms with Crippen LogP contribution in [0.2, 0.25) is 0 Å². The SMILES string of the molecule is CCCCCCCC(=O)C1CC(C)(C)N(O)C(C)(C)C1. The summed E-state index contributed by atoms with van der Waals surface area (Å²) in [4.78, 5) is 12.4. The van der Waals surface area contributed by atoms with E-state index in [4.69, 9.17) is 0 Å². The zero-order chi connectivity index (χ0) is 15.4. The van der Waals surface area contributed by atoms with Gasteiger partial charge in [-0.1, -0.05) is 32.6 Å². The molecule has 3 nitrogen and oxygen atoms in total. The highest BCUT2D eigenvalue weighted by atomic mass is 16.5. The number of carbonyl (C=O) groups is 1. The van der Waals surface area contributed by atoms with Gasteiger partial charge < -0.3 is 5.21 Å². The summed E-state index contributed by atoms with van der Waals surface area (Å²) in [6.45, 7) is 10.3. The van der Waals surface area contributed by atoms with E-state index in [1.807, 2.05) is 27.7 Å². The van der Waals surface area contributed by atoms with Crippen LogP contribution in [0.15, 0.2) is 0 Å². The third-order valence-electron chi connectivity index (χ3n) is 4.62. The lowest BCUT2D eigenvalue weighted by atomic mass is 9.73. The molecular weight excluding hydrogens is 250 g/mol. The Bertz CT molecular complexity index is 305. The first-order valence-corrected chi connectivity index (χ1v) is 8.22. The summed E-state index contributed by atoms with van der Waals surface area (Å²) in [5.74, 6) is 0.505. The van der Waals surface area contributed by atoms with E-state index in [0.29, 0.717) is 12.2 Å². The summed E-state index contributed by atoms with van der Waals surface area (Å²) >= 11 is 0. The molecule has 0 amide bonds. The third kappa shape index (κ3) is 4.56. The first-order chi connectivity index (χ1) is 9.20. The van der Waals surface area contributed by atoms with E-state index in [1.54, 1.807) is 0 Å². The Kier molecular flexibility index (Phi) is 6.21. The minimum atomic E-state index is -0.315. The predicted octanol–water partition coefficient (Wildman–Crippen LogP) is 4.57. The lowest BCUT2D eigenvalue weighted by Gasteiger charge is -2.51. The molecule has 0 bridgehead atoms.